The quantitative estimate of drug-likeness (QED) is 0.831. The Morgan fingerprint density at radius 1 is 1.10 bits per heavy atom. The second-order valence-electron chi connectivity index (χ2n) is 4.16. The molecule has 2 rings (SSSR count). The van der Waals surface area contributed by atoms with E-state index in [4.69, 9.17) is 34.8 Å². The molecule has 0 radical (unpaired) electrons. The molecule has 0 saturated carbocycles. The highest BCUT2D eigenvalue weighted by Gasteiger charge is 2.10. The summed E-state index contributed by atoms with van der Waals surface area (Å²) in [5.41, 5.74) is 0.881. The number of rotatable bonds is 4. The van der Waals surface area contributed by atoms with Gasteiger partial charge in [-0.2, -0.15) is 0 Å². The lowest BCUT2D eigenvalue weighted by atomic mass is 10.3. The molecule has 0 aliphatic heterocycles. The predicted octanol–water partition coefficient (Wildman–Crippen LogP) is 4.84. The van der Waals surface area contributed by atoms with E-state index < -0.39 is 5.82 Å². The minimum atomic E-state index is -0.543. The molecular formula is C14H10Cl3FN2O. The lowest BCUT2D eigenvalue weighted by Crippen LogP contribution is -2.22. The van der Waals surface area contributed by atoms with Crippen molar-refractivity contribution in [2.75, 3.05) is 17.2 Å². The van der Waals surface area contributed by atoms with Crippen molar-refractivity contribution in [1.82, 2.24) is 0 Å². The number of anilines is 2. The molecule has 0 aromatic heterocycles. The minimum Gasteiger partial charge on any atom is -0.374 e. The van der Waals surface area contributed by atoms with E-state index in [2.05, 4.69) is 10.6 Å². The predicted molar refractivity (Wildman–Crippen MR) is 85.0 cm³/mol. The Labute approximate surface area is 136 Å². The van der Waals surface area contributed by atoms with E-state index in [0.29, 0.717) is 16.4 Å². The summed E-state index contributed by atoms with van der Waals surface area (Å²) < 4.78 is 13.0. The van der Waals surface area contributed by atoms with E-state index >= 15 is 0 Å². The van der Waals surface area contributed by atoms with Crippen molar-refractivity contribution in [3.05, 3.63) is 57.3 Å². The maximum absolute atomic E-state index is 13.0. The number of carbonyl (C=O) groups excluding carboxylic acids is 1. The van der Waals surface area contributed by atoms with Crippen LogP contribution in [0.3, 0.4) is 0 Å². The highest BCUT2D eigenvalue weighted by Crippen LogP contribution is 2.31. The van der Waals surface area contributed by atoms with Crippen molar-refractivity contribution >= 4 is 52.1 Å². The largest absolute Gasteiger partial charge is 0.374 e. The molecule has 0 bridgehead atoms. The molecule has 0 aliphatic carbocycles. The second kappa shape index (κ2) is 6.98. The van der Waals surface area contributed by atoms with Gasteiger partial charge in [0, 0.05) is 10.7 Å². The van der Waals surface area contributed by atoms with Crippen molar-refractivity contribution in [2.45, 2.75) is 0 Å². The first-order chi connectivity index (χ1) is 9.95. The highest BCUT2D eigenvalue weighted by molar-refractivity contribution is 6.39. The average Bonchev–Trinajstić information content (AvgIpc) is 2.37. The first-order valence-corrected chi connectivity index (χ1v) is 7.03. The molecule has 2 aromatic carbocycles. The van der Waals surface area contributed by atoms with Crippen LogP contribution in [0.15, 0.2) is 36.4 Å². The van der Waals surface area contributed by atoms with Gasteiger partial charge in [0.1, 0.15) is 5.82 Å². The molecule has 21 heavy (non-hydrogen) atoms. The first-order valence-electron chi connectivity index (χ1n) is 5.89. The summed E-state index contributed by atoms with van der Waals surface area (Å²) in [4.78, 5) is 11.8. The normalized spacial score (nSPS) is 10.3. The molecule has 0 spiro atoms. The highest BCUT2D eigenvalue weighted by atomic mass is 35.5. The second-order valence-corrected chi connectivity index (χ2v) is 5.41. The maximum Gasteiger partial charge on any atom is 0.243 e. The summed E-state index contributed by atoms with van der Waals surface area (Å²) in [5, 5.41) is 6.16. The molecule has 0 unspecified atom stereocenters. The standard InChI is InChI=1S/C14H10Cl3FN2O/c15-8-2-1-3-10(4-8)20-13(21)7-19-14-11(16)5-9(18)6-12(14)17/h1-6,19H,7H2,(H,20,21). The van der Waals surface area contributed by atoms with Gasteiger partial charge >= 0.3 is 0 Å². The van der Waals surface area contributed by atoms with Crippen molar-refractivity contribution in [3.63, 3.8) is 0 Å². The van der Waals surface area contributed by atoms with Gasteiger partial charge in [0.05, 0.1) is 22.3 Å². The van der Waals surface area contributed by atoms with Gasteiger partial charge < -0.3 is 10.6 Å². The Kier molecular flexibility index (Phi) is 5.28. The fourth-order valence-corrected chi connectivity index (χ4v) is 2.44. The summed E-state index contributed by atoms with van der Waals surface area (Å²) >= 11 is 17.5. The van der Waals surface area contributed by atoms with Crippen LogP contribution in [-0.4, -0.2) is 12.5 Å². The lowest BCUT2D eigenvalue weighted by molar-refractivity contribution is -0.114. The number of carbonyl (C=O) groups is 1. The van der Waals surface area contributed by atoms with Gasteiger partial charge in [0.15, 0.2) is 0 Å². The fourth-order valence-electron chi connectivity index (χ4n) is 1.65. The van der Waals surface area contributed by atoms with E-state index in [1.165, 1.54) is 0 Å². The van der Waals surface area contributed by atoms with Crippen LogP contribution in [0.5, 0.6) is 0 Å². The molecule has 0 atom stereocenters. The molecule has 2 N–H and O–H groups in total. The van der Waals surface area contributed by atoms with Crippen LogP contribution in [-0.2, 0) is 4.79 Å². The van der Waals surface area contributed by atoms with Gasteiger partial charge in [-0.25, -0.2) is 4.39 Å². The van der Waals surface area contributed by atoms with Gasteiger partial charge in [0.2, 0.25) is 5.91 Å². The summed E-state index contributed by atoms with van der Waals surface area (Å²) in [6.07, 6.45) is 0. The van der Waals surface area contributed by atoms with Gasteiger partial charge in [-0.05, 0) is 30.3 Å². The third-order valence-corrected chi connectivity index (χ3v) is 3.37. The lowest BCUT2D eigenvalue weighted by Gasteiger charge is -2.11. The van der Waals surface area contributed by atoms with Crippen LogP contribution < -0.4 is 10.6 Å². The molecule has 110 valence electrons. The van der Waals surface area contributed by atoms with Crippen molar-refractivity contribution in [1.29, 1.82) is 0 Å². The Morgan fingerprint density at radius 3 is 2.38 bits per heavy atom. The van der Waals surface area contributed by atoms with Crippen LogP contribution in [0, 0.1) is 5.82 Å². The number of hydrogen-bond donors (Lipinski definition) is 2. The molecule has 7 heteroatoms. The summed E-state index contributed by atoms with van der Waals surface area (Å²) in [6, 6.07) is 8.99. The SMILES string of the molecule is O=C(CNc1c(Cl)cc(F)cc1Cl)Nc1cccc(Cl)c1. The molecule has 0 fully saturated rings. The third-order valence-electron chi connectivity index (χ3n) is 2.54. The molecule has 0 saturated heterocycles. The molecule has 0 aliphatic rings. The summed E-state index contributed by atoms with van der Waals surface area (Å²) in [5.74, 6) is -0.854. The van der Waals surface area contributed by atoms with E-state index in [-0.39, 0.29) is 22.5 Å². The first kappa shape index (κ1) is 15.9. The van der Waals surface area contributed by atoms with Gasteiger partial charge in [-0.1, -0.05) is 40.9 Å². The Balaban J connectivity index is 1.99. The zero-order chi connectivity index (χ0) is 15.4. The van der Waals surface area contributed by atoms with E-state index in [9.17, 15) is 9.18 Å². The van der Waals surface area contributed by atoms with Crippen LogP contribution in [0.25, 0.3) is 0 Å². The molecule has 1 amide bonds. The molecular weight excluding hydrogens is 338 g/mol. The van der Waals surface area contributed by atoms with Crippen LogP contribution in [0.2, 0.25) is 15.1 Å². The molecule has 0 heterocycles. The minimum absolute atomic E-state index is 0.0718. The zero-order valence-corrected chi connectivity index (χ0v) is 12.9. The fraction of sp³-hybridized carbons (Fsp3) is 0.0714. The number of amides is 1. The Morgan fingerprint density at radius 2 is 1.76 bits per heavy atom. The van der Waals surface area contributed by atoms with E-state index in [1.54, 1.807) is 24.3 Å². The van der Waals surface area contributed by atoms with Crippen molar-refractivity contribution in [2.24, 2.45) is 0 Å². The van der Waals surface area contributed by atoms with Gasteiger partial charge in [-0.3, -0.25) is 4.79 Å². The van der Waals surface area contributed by atoms with Crippen LogP contribution in [0.1, 0.15) is 0 Å². The number of halogens is 4. The van der Waals surface area contributed by atoms with E-state index in [1.807, 2.05) is 0 Å². The number of benzene rings is 2. The topological polar surface area (TPSA) is 41.1 Å². The molecule has 3 nitrogen and oxygen atoms in total. The maximum atomic E-state index is 13.0. The Bertz CT molecular complexity index is 656. The van der Waals surface area contributed by atoms with Crippen LogP contribution >= 0.6 is 34.8 Å². The van der Waals surface area contributed by atoms with Crippen molar-refractivity contribution < 1.29 is 9.18 Å². The zero-order valence-electron chi connectivity index (χ0n) is 10.6. The Hall–Kier alpha value is -1.49. The van der Waals surface area contributed by atoms with E-state index in [0.717, 1.165) is 12.1 Å². The molecule has 2 aromatic rings. The summed E-state index contributed by atoms with van der Waals surface area (Å²) in [6.45, 7) is -0.0718. The number of nitrogens with one attached hydrogen (secondary N) is 2. The monoisotopic (exact) mass is 346 g/mol. The number of hydrogen-bond acceptors (Lipinski definition) is 2. The third kappa shape index (κ3) is 4.49. The van der Waals surface area contributed by atoms with Gasteiger partial charge in [0.25, 0.3) is 0 Å². The smallest absolute Gasteiger partial charge is 0.243 e. The average molecular weight is 348 g/mol. The van der Waals surface area contributed by atoms with Crippen molar-refractivity contribution in [3.8, 4) is 0 Å². The summed E-state index contributed by atoms with van der Waals surface area (Å²) in [7, 11) is 0. The van der Waals surface area contributed by atoms with Gasteiger partial charge in [-0.15, -0.1) is 0 Å². The van der Waals surface area contributed by atoms with Crippen LogP contribution in [0.4, 0.5) is 15.8 Å².